The average Bonchev–Trinajstić information content (AvgIpc) is 2.31. The van der Waals surface area contributed by atoms with Gasteiger partial charge < -0.3 is 15.8 Å². The zero-order valence-electron chi connectivity index (χ0n) is 9.74. The molecule has 0 radical (unpaired) electrons. The number of dihydropyridines is 1. The van der Waals surface area contributed by atoms with Crippen molar-refractivity contribution in [2.24, 2.45) is 11.5 Å². The van der Waals surface area contributed by atoms with Gasteiger partial charge in [0.1, 0.15) is 5.75 Å². The molecule has 1 unspecified atom stereocenters. The molecule has 1 atom stereocenters. The molecule has 0 saturated heterocycles. The van der Waals surface area contributed by atoms with Crippen LogP contribution in [0.1, 0.15) is 5.56 Å². The molecule has 0 bridgehead atoms. The highest BCUT2D eigenvalue weighted by Crippen LogP contribution is 2.29. The molecule has 1 aromatic carbocycles. The Morgan fingerprint density at radius 1 is 1.26 bits per heavy atom. The number of alkyl halides is 3. The minimum absolute atomic E-state index is 0.291. The van der Waals surface area contributed by atoms with Crippen LogP contribution in [0.3, 0.4) is 0 Å². The van der Waals surface area contributed by atoms with Crippen LogP contribution in [-0.2, 0) is 5.66 Å². The van der Waals surface area contributed by atoms with Crippen LogP contribution < -0.4 is 21.5 Å². The van der Waals surface area contributed by atoms with E-state index in [9.17, 15) is 13.2 Å². The molecule has 2 rings (SSSR count). The second kappa shape index (κ2) is 4.51. The van der Waals surface area contributed by atoms with E-state index in [2.05, 4.69) is 10.1 Å². The summed E-state index contributed by atoms with van der Waals surface area (Å²) in [6.45, 7) is 0. The van der Waals surface area contributed by atoms with Crippen LogP contribution in [0.4, 0.5) is 13.2 Å². The Bertz CT molecular complexity index is 539. The lowest BCUT2D eigenvalue weighted by molar-refractivity contribution is -0.274. The first-order chi connectivity index (χ1) is 8.81. The summed E-state index contributed by atoms with van der Waals surface area (Å²) in [4.78, 5) is 0. The van der Waals surface area contributed by atoms with Crippen LogP contribution in [0.15, 0.2) is 48.3 Å². The number of nitrogens with one attached hydrogen (secondary N) is 1. The fraction of sp³-hybridized carbons (Fsp3) is 0.167. The molecular formula is C12H12F3N3O. The molecule has 4 nitrogen and oxygen atoms in total. The first kappa shape index (κ1) is 13.3. The lowest BCUT2D eigenvalue weighted by atomic mass is 9.95. The van der Waals surface area contributed by atoms with Crippen molar-refractivity contribution < 1.29 is 17.9 Å². The van der Waals surface area contributed by atoms with Gasteiger partial charge in [0.05, 0.1) is 5.70 Å². The zero-order valence-corrected chi connectivity index (χ0v) is 9.74. The van der Waals surface area contributed by atoms with Gasteiger partial charge in [-0.2, -0.15) is 0 Å². The maximum Gasteiger partial charge on any atom is 0.573 e. The predicted octanol–water partition coefficient (Wildman–Crippen LogP) is 1.66. The molecule has 0 fully saturated rings. The van der Waals surface area contributed by atoms with Gasteiger partial charge in [-0.25, -0.2) is 0 Å². The molecule has 1 aromatic rings. The Kier molecular flexibility index (Phi) is 3.15. The summed E-state index contributed by atoms with van der Waals surface area (Å²) < 4.78 is 40.4. The van der Waals surface area contributed by atoms with Crippen molar-refractivity contribution in [3.8, 4) is 5.75 Å². The summed E-state index contributed by atoms with van der Waals surface area (Å²) in [5.74, 6) is -0.348. The highest BCUT2D eigenvalue weighted by atomic mass is 19.4. The topological polar surface area (TPSA) is 73.3 Å². The van der Waals surface area contributed by atoms with Gasteiger partial charge in [0.25, 0.3) is 0 Å². The third-order valence-corrected chi connectivity index (χ3v) is 2.66. The van der Waals surface area contributed by atoms with Crippen molar-refractivity contribution in [2.45, 2.75) is 12.0 Å². The van der Waals surface area contributed by atoms with E-state index < -0.39 is 12.0 Å². The second-order valence-electron chi connectivity index (χ2n) is 4.01. The maximum atomic E-state index is 12.2. The molecule has 0 saturated carbocycles. The standard InChI is InChI=1S/C12H12F3N3O/c13-12(14,15)19-9-4-1-3-8(7-9)11(17)10(16)5-2-6-18-11/h1-7,18H,16-17H2. The van der Waals surface area contributed by atoms with Gasteiger partial charge in [-0.1, -0.05) is 12.1 Å². The molecule has 19 heavy (non-hydrogen) atoms. The number of allylic oxidation sites excluding steroid dienone is 2. The molecule has 1 aliphatic heterocycles. The van der Waals surface area contributed by atoms with Gasteiger partial charge in [0.2, 0.25) is 0 Å². The van der Waals surface area contributed by atoms with Gasteiger partial charge in [0, 0.05) is 5.56 Å². The molecule has 0 amide bonds. The van der Waals surface area contributed by atoms with Crippen LogP contribution in [-0.4, -0.2) is 6.36 Å². The first-order valence-corrected chi connectivity index (χ1v) is 5.37. The number of rotatable bonds is 2. The molecule has 0 aromatic heterocycles. The summed E-state index contributed by atoms with van der Waals surface area (Å²) in [6, 6.07) is 5.37. The quantitative estimate of drug-likeness (QED) is 0.764. The molecule has 102 valence electrons. The second-order valence-corrected chi connectivity index (χ2v) is 4.01. The van der Waals surface area contributed by atoms with Gasteiger partial charge in [-0.15, -0.1) is 13.2 Å². The highest BCUT2D eigenvalue weighted by molar-refractivity contribution is 5.41. The van der Waals surface area contributed by atoms with E-state index in [1.54, 1.807) is 24.4 Å². The zero-order chi connectivity index (χ0) is 14.1. The average molecular weight is 271 g/mol. The summed E-state index contributed by atoms with van der Waals surface area (Å²) >= 11 is 0. The number of ether oxygens (including phenoxy) is 1. The highest BCUT2D eigenvalue weighted by Gasteiger charge is 2.34. The SMILES string of the molecule is NC1=CC=CNC1(N)c1cccc(OC(F)(F)F)c1. The van der Waals surface area contributed by atoms with E-state index in [-0.39, 0.29) is 5.75 Å². The van der Waals surface area contributed by atoms with E-state index in [0.29, 0.717) is 11.3 Å². The molecule has 0 aliphatic carbocycles. The Hall–Kier alpha value is -2.15. The summed E-state index contributed by atoms with van der Waals surface area (Å²) in [7, 11) is 0. The van der Waals surface area contributed by atoms with Crippen molar-refractivity contribution in [3.05, 3.63) is 53.9 Å². The third-order valence-electron chi connectivity index (χ3n) is 2.66. The van der Waals surface area contributed by atoms with Crippen LogP contribution in [0.25, 0.3) is 0 Å². The van der Waals surface area contributed by atoms with Gasteiger partial charge >= 0.3 is 6.36 Å². The van der Waals surface area contributed by atoms with E-state index in [0.717, 1.165) is 0 Å². The van der Waals surface area contributed by atoms with E-state index in [1.807, 2.05) is 0 Å². The number of nitrogens with two attached hydrogens (primary N) is 2. The summed E-state index contributed by atoms with van der Waals surface area (Å²) in [6.07, 6.45) is 0.0413. The van der Waals surface area contributed by atoms with E-state index >= 15 is 0 Å². The monoisotopic (exact) mass is 271 g/mol. The van der Waals surface area contributed by atoms with Crippen LogP contribution in [0, 0.1) is 0 Å². The Balaban J connectivity index is 2.34. The first-order valence-electron chi connectivity index (χ1n) is 5.37. The molecular weight excluding hydrogens is 259 g/mol. The van der Waals surface area contributed by atoms with Crippen molar-refractivity contribution in [3.63, 3.8) is 0 Å². The van der Waals surface area contributed by atoms with Crippen LogP contribution in [0.2, 0.25) is 0 Å². The van der Waals surface area contributed by atoms with Crippen molar-refractivity contribution in [1.82, 2.24) is 5.32 Å². The molecule has 0 spiro atoms. The smallest absolute Gasteiger partial charge is 0.406 e. The number of hydrogen-bond donors (Lipinski definition) is 3. The Morgan fingerprint density at radius 3 is 2.63 bits per heavy atom. The molecule has 5 N–H and O–H groups in total. The van der Waals surface area contributed by atoms with Gasteiger partial charge in [-0.05, 0) is 30.5 Å². The van der Waals surface area contributed by atoms with E-state index in [1.165, 1.54) is 18.2 Å². The van der Waals surface area contributed by atoms with Gasteiger partial charge in [0.15, 0.2) is 5.66 Å². The van der Waals surface area contributed by atoms with Gasteiger partial charge in [-0.3, -0.25) is 5.73 Å². The lowest BCUT2D eigenvalue weighted by Crippen LogP contribution is -2.53. The number of hydrogen-bond acceptors (Lipinski definition) is 4. The number of benzene rings is 1. The molecule has 7 heteroatoms. The van der Waals surface area contributed by atoms with Crippen LogP contribution >= 0.6 is 0 Å². The molecule has 1 aliphatic rings. The number of halogens is 3. The fourth-order valence-electron chi connectivity index (χ4n) is 1.73. The van der Waals surface area contributed by atoms with Crippen molar-refractivity contribution >= 4 is 0 Å². The summed E-state index contributed by atoms with van der Waals surface area (Å²) in [5.41, 5.74) is 11.3. The molecule has 1 heterocycles. The fourth-order valence-corrected chi connectivity index (χ4v) is 1.73. The lowest BCUT2D eigenvalue weighted by Gasteiger charge is -2.33. The Labute approximate surface area is 107 Å². The minimum atomic E-state index is -4.75. The van der Waals surface area contributed by atoms with Crippen molar-refractivity contribution in [1.29, 1.82) is 0 Å². The van der Waals surface area contributed by atoms with Crippen molar-refractivity contribution in [2.75, 3.05) is 0 Å². The third kappa shape index (κ3) is 2.82. The minimum Gasteiger partial charge on any atom is -0.406 e. The van der Waals surface area contributed by atoms with E-state index in [4.69, 9.17) is 11.5 Å². The normalized spacial score (nSPS) is 22.6. The van der Waals surface area contributed by atoms with Crippen LogP contribution in [0.5, 0.6) is 5.75 Å². The maximum absolute atomic E-state index is 12.2. The largest absolute Gasteiger partial charge is 0.573 e. The Morgan fingerprint density at radius 2 is 2.00 bits per heavy atom. The summed E-state index contributed by atoms with van der Waals surface area (Å²) in [5, 5.41) is 2.82. The predicted molar refractivity (Wildman–Crippen MR) is 63.5 cm³/mol.